The Morgan fingerprint density at radius 2 is 2.19 bits per heavy atom. The smallest absolute Gasteiger partial charge is 0.226 e. The number of rotatable bonds is 4. The Hall–Kier alpha value is -1.10. The Labute approximate surface area is 96.6 Å². The summed E-state index contributed by atoms with van der Waals surface area (Å²) in [5, 5.41) is 5.85. The molecule has 0 aliphatic carbocycles. The van der Waals surface area contributed by atoms with Crippen LogP contribution in [0, 0.1) is 5.92 Å². The van der Waals surface area contributed by atoms with Gasteiger partial charge in [0.15, 0.2) is 0 Å². The summed E-state index contributed by atoms with van der Waals surface area (Å²) in [5.74, 6) is 0.144. The second-order valence-corrected chi connectivity index (χ2v) is 4.43. The Balaban J connectivity index is 2.40. The van der Waals surface area contributed by atoms with E-state index >= 15 is 0 Å². The van der Waals surface area contributed by atoms with Gasteiger partial charge in [-0.1, -0.05) is 6.92 Å². The first-order valence-corrected chi connectivity index (χ1v) is 5.75. The molecule has 2 unspecified atom stereocenters. The zero-order valence-electron chi connectivity index (χ0n) is 10.2. The third-order valence-electron chi connectivity index (χ3n) is 2.84. The molecule has 0 radical (unpaired) electrons. The van der Waals surface area contributed by atoms with Gasteiger partial charge >= 0.3 is 0 Å². The number of amides is 2. The first kappa shape index (κ1) is 13.0. The van der Waals surface area contributed by atoms with E-state index in [9.17, 15) is 9.59 Å². The van der Waals surface area contributed by atoms with Gasteiger partial charge in [-0.2, -0.15) is 0 Å². The van der Waals surface area contributed by atoms with E-state index < -0.39 is 0 Å². The predicted octanol–water partition coefficient (Wildman–Crippen LogP) is -0.421. The summed E-state index contributed by atoms with van der Waals surface area (Å²) in [6.45, 7) is 5.52. The lowest BCUT2D eigenvalue weighted by atomic mass is 10.1. The topological polar surface area (TPSA) is 61.4 Å². The summed E-state index contributed by atoms with van der Waals surface area (Å²) >= 11 is 0. The molecule has 1 aliphatic heterocycles. The van der Waals surface area contributed by atoms with Gasteiger partial charge in [-0.25, -0.2) is 0 Å². The number of carbonyl (C=O) groups is 2. The van der Waals surface area contributed by atoms with Gasteiger partial charge in [-0.05, 0) is 13.5 Å². The van der Waals surface area contributed by atoms with Crippen molar-refractivity contribution in [2.24, 2.45) is 5.92 Å². The maximum absolute atomic E-state index is 11.9. The van der Waals surface area contributed by atoms with Crippen LogP contribution in [0.2, 0.25) is 0 Å². The van der Waals surface area contributed by atoms with E-state index in [0.29, 0.717) is 13.1 Å². The van der Waals surface area contributed by atoms with Crippen LogP contribution in [0.5, 0.6) is 0 Å². The summed E-state index contributed by atoms with van der Waals surface area (Å²) in [6.07, 6.45) is 0.859. The molecule has 0 bridgehead atoms. The largest absolute Gasteiger partial charge is 0.352 e. The maximum Gasteiger partial charge on any atom is 0.226 e. The zero-order valence-corrected chi connectivity index (χ0v) is 10.2. The molecule has 2 atom stereocenters. The second-order valence-electron chi connectivity index (χ2n) is 4.43. The molecule has 1 saturated heterocycles. The summed E-state index contributed by atoms with van der Waals surface area (Å²) in [5.41, 5.74) is 0. The van der Waals surface area contributed by atoms with Crippen molar-refractivity contribution in [3.63, 3.8) is 0 Å². The van der Waals surface area contributed by atoms with E-state index in [0.717, 1.165) is 13.0 Å². The highest BCUT2D eigenvalue weighted by atomic mass is 16.2. The average Bonchev–Trinajstić information content (AvgIpc) is 2.64. The Kier molecular flexibility index (Phi) is 4.73. The summed E-state index contributed by atoms with van der Waals surface area (Å²) in [4.78, 5) is 24.7. The minimum absolute atomic E-state index is 0.000998. The van der Waals surface area contributed by atoms with Crippen molar-refractivity contribution in [2.75, 3.05) is 26.7 Å². The molecule has 5 heteroatoms. The van der Waals surface area contributed by atoms with Gasteiger partial charge in [0.2, 0.25) is 11.8 Å². The van der Waals surface area contributed by atoms with Crippen LogP contribution < -0.4 is 10.6 Å². The van der Waals surface area contributed by atoms with E-state index in [1.807, 2.05) is 18.9 Å². The first-order chi connectivity index (χ1) is 7.54. The van der Waals surface area contributed by atoms with Crippen molar-refractivity contribution in [3.05, 3.63) is 0 Å². The van der Waals surface area contributed by atoms with Crippen LogP contribution in [0.15, 0.2) is 0 Å². The SMILES string of the molecule is CNCC(C)C(=O)N1CCC(NC(C)=O)C1. The van der Waals surface area contributed by atoms with E-state index in [-0.39, 0.29) is 23.8 Å². The highest BCUT2D eigenvalue weighted by molar-refractivity contribution is 5.79. The molecule has 0 aromatic carbocycles. The van der Waals surface area contributed by atoms with Gasteiger partial charge in [0.1, 0.15) is 0 Å². The lowest BCUT2D eigenvalue weighted by molar-refractivity contribution is -0.134. The van der Waals surface area contributed by atoms with Crippen molar-refractivity contribution in [2.45, 2.75) is 26.3 Å². The molecule has 92 valence electrons. The number of hydrogen-bond acceptors (Lipinski definition) is 3. The van der Waals surface area contributed by atoms with Crippen LogP contribution in [0.25, 0.3) is 0 Å². The molecule has 16 heavy (non-hydrogen) atoms. The molecule has 1 aliphatic rings. The van der Waals surface area contributed by atoms with Crippen LogP contribution in [0.3, 0.4) is 0 Å². The summed E-state index contributed by atoms with van der Waals surface area (Å²) < 4.78 is 0. The number of carbonyl (C=O) groups excluding carboxylic acids is 2. The highest BCUT2D eigenvalue weighted by Crippen LogP contribution is 2.12. The zero-order chi connectivity index (χ0) is 12.1. The van der Waals surface area contributed by atoms with Crippen molar-refractivity contribution in [1.29, 1.82) is 0 Å². The number of hydrogen-bond donors (Lipinski definition) is 2. The van der Waals surface area contributed by atoms with Crippen molar-refractivity contribution < 1.29 is 9.59 Å². The Bertz CT molecular complexity index is 268. The molecule has 0 aromatic rings. The molecule has 2 N–H and O–H groups in total. The van der Waals surface area contributed by atoms with Gasteiger partial charge in [-0.3, -0.25) is 9.59 Å². The fourth-order valence-corrected chi connectivity index (χ4v) is 2.07. The molecular weight excluding hydrogens is 206 g/mol. The monoisotopic (exact) mass is 227 g/mol. The van der Waals surface area contributed by atoms with Crippen LogP contribution >= 0.6 is 0 Å². The number of nitrogens with one attached hydrogen (secondary N) is 2. The molecule has 0 saturated carbocycles. The minimum Gasteiger partial charge on any atom is -0.352 e. The molecular formula is C11H21N3O2. The first-order valence-electron chi connectivity index (χ1n) is 5.75. The van der Waals surface area contributed by atoms with Crippen LogP contribution in [-0.2, 0) is 9.59 Å². The normalized spacial score (nSPS) is 21.9. The third-order valence-corrected chi connectivity index (χ3v) is 2.84. The quantitative estimate of drug-likeness (QED) is 0.685. The van der Waals surface area contributed by atoms with Crippen LogP contribution in [0.4, 0.5) is 0 Å². The fourth-order valence-electron chi connectivity index (χ4n) is 2.07. The third kappa shape index (κ3) is 3.48. The molecule has 0 aromatic heterocycles. The predicted molar refractivity (Wildman–Crippen MR) is 61.9 cm³/mol. The van der Waals surface area contributed by atoms with Crippen molar-refractivity contribution >= 4 is 11.8 Å². The van der Waals surface area contributed by atoms with E-state index in [1.165, 1.54) is 6.92 Å². The van der Waals surface area contributed by atoms with E-state index in [2.05, 4.69) is 10.6 Å². The van der Waals surface area contributed by atoms with Gasteiger partial charge in [0.25, 0.3) is 0 Å². The number of nitrogens with zero attached hydrogens (tertiary/aromatic N) is 1. The lowest BCUT2D eigenvalue weighted by Crippen LogP contribution is -2.40. The molecule has 2 amide bonds. The average molecular weight is 227 g/mol. The molecule has 1 rings (SSSR count). The molecule has 1 heterocycles. The molecule has 1 fully saturated rings. The summed E-state index contributed by atoms with van der Waals surface area (Å²) in [7, 11) is 1.84. The van der Waals surface area contributed by atoms with Gasteiger partial charge in [-0.15, -0.1) is 0 Å². The van der Waals surface area contributed by atoms with Crippen LogP contribution in [-0.4, -0.2) is 49.4 Å². The van der Waals surface area contributed by atoms with E-state index in [4.69, 9.17) is 0 Å². The molecule has 5 nitrogen and oxygen atoms in total. The number of likely N-dealkylation sites (tertiary alicyclic amines) is 1. The lowest BCUT2D eigenvalue weighted by Gasteiger charge is -2.20. The Morgan fingerprint density at radius 3 is 2.75 bits per heavy atom. The minimum atomic E-state index is -0.0254. The Morgan fingerprint density at radius 1 is 1.50 bits per heavy atom. The maximum atomic E-state index is 11.9. The van der Waals surface area contributed by atoms with Gasteiger partial charge in [0.05, 0.1) is 0 Å². The van der Waals surface area contributed by atoms with Gasteiger partial charge < -0.3 is 15.5 Å². The van der Waals surface area contributed by atoms with Crippen molar-refractivity contribution in [3.8, 4) is 0 Å². The van der Waals surface area contributed by atoms with Crippen LogP contribution in [0.1, 0.15) is 20.3 Å². The van der Waals surface area contributed by atoms with Crippen molar-refractivity contribution in [1.82, 2.24) is 15.5 Å². The van der Waals surface area contributed by atoms with E-state index in [1.54, 1.807) is 0 Å². The standard InChI is InChI=1S/C11H21N3O2/c1-8(6-12-3)11(16)14-5-4-10(7-14)13-9(2)15/h8,10,12H,4-7H2,1-3H3,(H,13,15). The van der Waals surface area contributed by atoms with Gasteiger partial charge in [0, 0.05) is 38.5 Å². The summed E-state index contributed by atoms with van der Waals surface area (Å²) in [6, 6.07) is 0.128. The second kappa shape index (κ2) is 5.84. The fraction of sp³-hybridized carbons (Fsp3) is 0.818. The molecule has 0 spiro atoms. The highest BCUT2D eigenvalue weighted by Gasteiger charge is 2.28.